The number of alkyl halides is 1. The molecule has 0 aliphatic heterocycles. The molecule has 1 unspecified atom stereocenters. The second-order valence-corrected chi connectivity index (χ2v) is 4.94. The summed E-state index contributed by atoms with van der Waals surface area (Å²) in [6.07, 6.45) is 0. The average molecular weight is 211 g/mol. The third-order valence-corrected chi connectivity index (χ3v) is 3.24. The van der Waals surface area contributed by atoms with Crippen molar-refractivity contribution in [3.8, 4) is 0 Å². The third-order valence-electron chi connectivity index (χ3n) is 2.48. The topological polar surface area (TPSA) is 0 Å². The number of hydrogen-bond donors (Lipinski definition) is 0. The molecule has 0 saturated heterocycles. The molecule has 0 saturated carbocycles. The van der Waals surface area contributed by atoms with Crippen LogP contribution in [0.4, 0.5) is 0 Å². The van der Waals surface area contributed by atoms with E-state index < -0.39 is 0 Å². The van der Waals surface area contributed by atoms with E-state index in [2.05, 4.69) is 52.0 Å². The second kappa shape index (κ2) is 4.84. The van der Waals surface area contributed by atoms with Gasteiger partial charge in [-0.15, -0.1) is 11.6 Å². The Bertz CT molecular complexity index is 289. The fourth-order valence-electron chi connectivity index (χ4n) is 1.47. The molecule has 0 nitrogen and oxygen atoms in total. The van der Waals surface area contributed by atoms with Gasteiger partial charge in [0, 0.05) is 0 Å². The van der Waals surface area contributed by atoms with Crippen LogP contribution >= 0.6 is 11.6 Å². The molecular weight excluding hydrogens is 192 g/mol. The average Bonchev–Trinajstić information content (AvgIpc) is 2.16. The minimum absolute atomic E-state index is 0.133. The maximum atomic E-state index is 6.32. The molecule has 0 radical (unpaired) electrons. The van der Waals surface area contributed by atoms with Crippen molar-refractivity contribution >= 4 is 11.6 Å². The summed E-state index contributed by atoms with van der Waals surface area (Å²) in [6.45, 7) is 8.72. The number of halogens is 1. The maximum Gasteiger partial charge on any atom is 0.0608 e. The van der Waals surface area contributed by atoms with Crippen molar-refractivity contribution in [1.82, 2.24) is 0 Å². The van der Waals surface area contributed by atoms with Crippen LogP contribution in [-0.2, 0) is 0 Å². The van der Waals surface area contributed by atoms with E-state index in [1.54, 1.807) is 0 Å². The van der Waals surface area contributed by atoms with E-state index in [0.717, 1.165) is 0 Å². The molecule has 1 aromatic rings. The first kappa shape index (κ1) is 11.6. The second-order valence-electron chi connectivity index (χ2n) is 4.47. The number of benzene rings is 1. The summed E-state index contributed by atoms with van der Waals surface area (Å²) in [4.78, 5) is 0. The fourth-order valence-corrected chi connectivity index (χ4v) is 1.61. The van der Waals surface area contributed by atoms with E-state index in [1.165, 1.54) is 11.1 Å². The molecule has 0 aliphatic carbocycles. The normalized spacial score (nSPS) is 13.6. The van der Waals surface area contributed by atoms with Crippen LogP contribution in [0.1, 0.15) is 50.1 Å². The largest absolute Gasteiger partial charge is 0.118 e. The molecule has 1 aromatic carbocycles. The Morgan fingerprint density at radius 3 is 2.07 bits per heavy atom. The summed E-state index contributed by atoms with van der Waals surface area (Å²) in [5.41, 5.74) is 2.61. The van der Waals surface area contributed by atoms with Gasteiger partial charge in [-0.1, -0.05) is 52.0 Å². The van der Waals surface area contributed by atoms with Crippen molar-refractivity contribution in [3.63, 3.8) is 0 Å². The van der Waals surface area contributed by atoms with E-state index in [-0.39, 0.29) is 5.38 Å². The predicted octanol–water partition coefficient (Wildman–Crippen LogP) is 4.75. The molecule has 0 amide bonds. The van der Waals surface area contributed by atoms with E-state index in [4.69, 9.17) is 11.6 Å². The van der Waals surface area contributed by atoms with Gasteiger partial charge in [-0.3, -0.25) is 0 Å². The van der Waals surface area contributed by atoms with Crippen molar-refractivity contribution in [3.05, 3.63) is 35.4 Å². The zero-order valence-corrected chi connectivity index (χ0v) is 10.2. The van der Waals surface area contributed by atoms with Gasteiger partial charge in [0.1, 0.15) is 0 Å². The monoisotopic (exact) mass is 210 g/mol. The van der Waals surface area contributed by atoms with Gasteiger partial charge in [0.2, 0.25) is 0 Å². The van der Waals surface area contributed by atoms with Gasteiger partial charge < -0.3 is 0 Å². The Morgan fingerprint density at radius 2 is 1.57 bits per heavy atom. The van der Waals surface area contributed by atoms with Gasteiger partial charge in [-0.2, -0.15) is 0 Å². The Labute approximate surface area is 92.3 Å². The fraction of sp³-hybridized carbons (Fsp3) is 0.538. The van der Waals surface area contributed by atoms with Crippen LogP contribution in [0.2, 0.25) is 0 Å². The van der Waals surface area contributed by atoms with E-state index >= 15 is 0 Å². The zero-order valence-electron chi connectivity index (χ0n) is 9.42. The molecule has 1 atom stereocenters. The number of rotatable bonds is 3. The highest BCUT2D eigenvalue weighted by atomic mass is 35.5. The summed E-state index contributed by atoms with van der Waals surface area (Å²) in [7, 11) is 0. The molecule has 78 valence electrons. The van der Waals surface area contributed by atoms with Gasteiger partial charge in [0.05, 0.1) is 5.38 Å². The van der Waals surface area contributed by atoms with Crippen LogP contribution < -0.4 is 0 Å². The molecule has 1 heteroatoms. The highest BCUT2D eigenvalue weighted by Gasteiger charge is 2.12. The lowest BCUT2D eigenvalue weighted by atomic mass is 9.96. The molecule has 0 aromatic heterocycles. The third kappa shape index (κ3) is 2.75. The lowest BCUT2D eigenvalue weighted by molar-refractivity contribution is 0.623. The van der Waals surface area contributed by atoms with Gasteiger partial charge >= 0.3 is 0 Å². The smallest absolute Gasteiger partial charge is 0.0608 e. The van der Waals surface area contributed by atoms with Gasteiger partial charge in [-0.05, 0) is 23.0 Å². The molecule has 1 rings (SSSR count). The lowest BCUT2D eigenvalue weighted by Gasteiger charge is -2.15. The molecule has 0 fully saturated rings. The van der Waals surface area contributed by atoms with Crippen LogP contribution in [0.3, 0.4) is 0 Å². The molecule has 0 spiro atoms. The Kier molecular flexibility index (Phi) is 4.00. The molecule has 0 aliphatic rings. The minimum Gasteiger partial charge on any atom is -0.118 e. The SMILES string of the molecule is CC(C)c1cccc(C(Cl)C(C)C)c1. The summed E-state index contributed by atoms with van der Waals surface area (Å²) >= 11 is 6.32. The summed E-state index contributed by atoms with van der Waals surface area (Å²) in [6, 6.07) is 8.60. The highest BCUT2D eigenvalue weighted by molar-refractivity contribution is 6.20. The van der Waals surface area contributed by atoms with Gasteiger partial charge in [0.15, 0.2) is 0 Å². The van der Waals surface area contributed by atoms with Gasteiger partial charge in [0.25, 0.3) is 0 Å². The first-order valence-corrected chi connectivity index (χ1v) is 5.70. The van der Waals surface area contributed by atoms with E-state index in [1.807, 2.05) is 0 Å². The standard InChI is InChI=1S/C13H19Cl/c1-9(2)11-6-5-7-12(8-11)13(14)10(3)4/h5-10,13H,1-4H3. The highest BCUT2D eigenvalue weighted by Crippen LogP contribution is 2.30. The van der Waals surface area contributed by atoms with Crippen molar-refractivity contribution in [2.75, 3.05) is 0 Å². The zero-order chi connectivity index (χ0) is 10.7. The molecule has 0 heterocycles. The summed E-state index contributed by atoms with van der Waals surface area (Å²) < 4.78 is 0. The van der Waals surface area contributed by atoms with Crippen molar-refractivity contribution in [2.24, 2.45) is 5.92 Å². The first-order valence-electron chi connectivity index (χ1n) is 5.26. The Hall–Kier alpha value is -0.490. The Balaban J connectivity index is 2.93. The van der Waals surface area contributed by atoms with Crippen molar-refractivity contribution < 1.29 is 0 Å². The molecule has 0 N–H and O–H groups in total. The van der Waals surface area contributed by atoms with Crippen molar-refractivity contribution in [2.45, 2.75) is 39.0 Å². The predicted molar refractivity (Wildman–Crippen MR) is 64.0 cm³/mol. The minimum atomic E-state index is 0.133. The van der Waals surface area contributed by atoms with Crippen molar-refractivity contribution in [1.29, 1.82) is 0 Å². The van der Waals surface area contributed by atoms with Crippen LogP contribution in [0.15, 0.2) is 24.3 Å². The maximum absolute atomic E-state index is 6.32. The van der Waals surface area contributed by atoms with E-state index in [9.17, 15) is 0 Å². The van der Waals surface area contributed by atoms with E-state index in [0.29, 0.717) is 11.8 Å². The molecular formula is C13H19Cl. The number of hydrogen-bond acceptors (Lipinski definition) is 0. The Morgan fingerprint density at radius 1 is 1.00 bits per heavy atom. The first-order chi connectivity index (χ1) is 6.52. The molecule has 0 bridgehead atoms. The van der Waals surface area contributed by atoms with Crippen LogP contribution in [0.5, 0.6) is 0 Å². The van der Waals surface area contributed by atoms with Crippen LogP contribution in [0, 0.1) is 5.92 Å². The lowest BCUT2D eigenvalue weighted by Crippen LogP contribution is -2.00. The van der Waals surface area contributed by atoms with Crippen LogP contribution in [0.25, 0.3) is 0 Å². The van der Waals surface area contributed by atoms with Gasteiger partial charge in [-0.25, -0.2) is 0 Å². The van der Waals surface area contributed by atoms with Crippen LogP contribution in [-0.4, -0.2) is 0 Å². The summed E-state index contributed by atoms with van der Waals surface area (Å²) in [5.74, 6) is 1.06. The summed E-state index contributed by atoms with van der Waals surface area (Å²) in [5, 5.41) is 0.133. The quantitative estimate of drug-likeness (QED) is 0.632. The molecule has 14 heavy (non-hydrogen) atoms.